The first kappa shape index (κ1) is 17.3. The van der Waals surface area contributed by atoms with Gasteiger partial charge < -0.3 is 10.2 Å². The molecule has 1 heterocycles. The van der Waals surface area contributed by atoms with Crippen LogP contribution in [0, 0.1) is 5.92 Å². The number of nitrogens with one attached hydrogen (secondary N) is 1. The minimum absolute atomic E-state index is 0.208. The molecule has 0 radical (unpaired) electrons. The molecule has 1 saturated heterocycles. The second-order valence-corrected chi connectivity index (χ2v) is 7.62. The Morgan fingerprint density at radius 3 is 2.50 bits per heavy atom. The fraction of sp³-hybridized carbons (Fsp3) is 0.316. The summed E-state index contributed by atoms with van der Waals surface area (Å²) in [7, 11) is 0. The molecule has 0 bridgehead atoms. The zero-order chi connectivity index (χ0) is 17.1. The summed E-state index contributed by atoms with van der Waals surface area (Å²) >= 11 is 9.47. The highest BCUT2D eigenvalue weighted by atomic mass is 79.9. The summed E-state index contributed by atoms with van der Waals surface area (Å²) in [6.07, 6.45) is 2.47. The lowest BCUT2D eigenvalue weighted by Gasteiger charge is -2.32. The van der Waals surface area contributed by atoms with Gasteiger partial charge in [0.25, 0.3) is 5.91 Å². The van der Waals surface area contributed by atoms with Gasteiger partial charge in [-0.25, -0.2) is 0 Å². The maximum absolute atomic E-state index is 12.4. The summed E-state index contributed by atoms with van der Waals surface area (Å²) in [5.74, 6) is 0.607. The summed E-state index contributed by atoms with van der Waals surface area (Å²) in [6, 6.07) is 13.3. The van der Waals surface area contributed by atoms with Crippen molar-refractivity contribution in [1.82, 2.24) is 0 Å². The van der Waals surface area contributed by atoms with Crippen LogP contribution in [0.2, 0.25) is 5.02 Å². The Hall–Kier alpha value is -1.52. The molecule has 0 atom stereocenters. The fourth-order valence-electron chi connectivity index (χ4n) is 2.89. The van der Waals surface area contributed by atoms with Gasteiger partial charge in [0.1, 0.15) is 0 Å². The van der Waals surface area contributed by atoms with Crippen molar-refractivity contribution >= 4 is 44.8 Å². The predicted octanol–water partition coefficient (Wildman–Crippen LogP) is 5.59. The van der Waals surface area contributed by atoms with Crippen LogP contribution in [0.1, 0.15) is 30.1 Å². The SMILES string of the molecule is CC1CCN(c2ccc(NC(=O)c3cc(Br)ccc3Cl)cc2)CC1. The molecule has 1 aliphatic rings. The van der Waals surface area contributed by atoms with Crippen molar-refractivity contribution in [3.63, 3.8) is 0 Å². The van der Waals surface area contributed by atoms with Crippen molar-refractivity contribution in [2.24, 2.45) is 5.92 Å². The van der Waals surface area contributed by atoms with Crippen molar-refractivity contribution in [3.8, 4) is 0 Å². The lowest BCUT2D eigenvalue weighted by Crippen LogP contribution is -2.32. The number of carbonyl (C=O) groups is 1. The van der Waals surface area contributed by atoms with E-state index >= 15 is 0 Å². The van der Waals surface area contributed by atoms with E-state index in [2.05, 4.69) is 45.2 Å². The minimum Gasteiger partial charge on any atom is -0.372 e. The third-order valence-electron chi connectivity index (χ3n) is 4.45. The summed E-state index contributed by atoms with van der Waals surface area (Å²) in [6.45, 7) is 4.50. The molecule has 0 saturated carbocycles. The lowest BCUT2D eigenvalue weighted by atomic mass is 9.99. The summed E-state index contributed by atoms with van der Waals surface area (Å²) in [5, 5.41) is 3.34. The van der Waals surface area contributed by atoms with Gasteiger partial charge in [0.15, 0.2) is 0 Å². The fourth-order valence-corrected chi connectivity index (χ4v) is 3.46. The Morgan fingerprint density at radius 1 is 1.17 bits per heavy atom. The molecule has 1 fully saturated rings. The monoisotopic (exact) mass is 406 g/mol. The van der Waals surface area contributed by atoms with E-state index < -0.39 is 0 Å². The average molecular weight is 408 g/mol. The molecule has 24 heavy (non-hydrogen) atoms. The van der Waals surface area contributed by atoms with Crippen molar-refractivity contribution in [2.45, 2.75) is 19.8 Å². The summed E-state index contributed by atoms with van der Waals surface area (Å²) < 4.78 is 0.826. The third kappa shape index (κ3) is 4.11. The number of amides is 1. The number of carbonyl (C=O) groups excluding carboxylic acids is 1. The highest BCUT2D eigenvalue weighted by Crippen LogP contribution is 2.25. The number of benzene rings is 2. The lowest BCUT2D eigenvalue weighted by molar-refractivity contribution is 0.102. The number of hydrogen-bond acceptors (Lipinski definition) is 2. The van der Waals surface area contributed by atoms with Crippen molar-refractivity contribution < 1.29 is 4.79 Å². The van der Waals surface area contributed by atoms with Crippen LogP contribution in [0.4, 0.5) is 11.4 Å². The molecule has 5 heteroatoms. The highest BCUT2D eigenvalue weighted by Gasteiger charge is 2.16. The first-order chi connectivity index (χ1) is 11.5. The van der Waals surface area contributed by atoms with Crippen LogP contribution in [0.15, 0.2) is 46.9 Å². The quantitative estimate of drug-likeness (QED) is 0.719. The van der Waals surface area contributed by atoms with Gasteiger partial charge in [0, 0.05) is 28.9 Å². The van der Waals surface area contributed by atoms with Gasteiger partial charge in [-0.05, 0) is 61.2 Å². The van der Waals surface area contributed by atoms with Crippen molar-refractivity contribution in [1.29, 1.82) is 0 Å². The molecule has 1 amide bonds. The Labute approximate surface area is 156 Å². The molecular weight excluding hydrogens is 388 g/mol. The van der Waals surface area contributed by atoms with Crippen LogP contribution in [-0.4, -0.2) is 19.0 Å². The molecule has 1 N–H and O–H groups in total. The van der Waals surface area contributed by atoms with E-state index in [1.54, 1.807) is 12.1 Å². The van der Waals surface area contributed by atoms with Crippen LogP contribution < -0.4 is 10.2 Å². The van der Waals surface area contributed by atoms with Gasteiger partial charge in [-0.15, -0.1) is 0 Å². The molecule has 126 valence electrons. The number of hydrogen-bond donors (Lipinski definition) is 1. The standard InChI is InChI=1S/C19H20BrClN2O/c1-13-8-10-23(11-9-13)16-5-3-15(4-6-16)22-19(24)17-12-14(20)2-7-18(17)21/h2-7,12-13H,8-11H2,1H3,(H,22,24). The topological polar surface area (TPSA) is 32.3 Å². The van der Waals surface area contributed by atoms with E-state index in [0.717, 1.165) is 29.2 Å². The number of nitrogens with zero attached hydrogens (tertiary/aromatic N) is 1. The maximum Gasteiger partial charge on any atom is 0.257 e. The first-order valence-corrected chi connectivity index (χ1v) is 9.31. The van der Waals surface area contributed by atoms with Crippen LogP contribution in [0.3, 0.4) is 0 Å². The molecule has 0 spiro atoms. The average Bonchev–Trinajstić information content (AvgIpc) is 2.58. The van der Waals surface area contributed by atoms with E-state index in [1.165, 1.54) is 18.5 Å². The second kappa shape index (κ2) is 7.58. The van der Waals surface area contributed by atoms with Crippen molar-refractivity contribution in [2.75, 3.05) is 23.3 Å². The molecule has 2 aromatic carbocycles. The van der Waals surface area contributed by atoms with E-state index in [4.69, 9.17) is 11.6 Å². The van der Waals surface area contributed by atoms with Gasteiger partial charge in [-0.2, -0.15) is 0 Å². The number of anilines is 2. The smallest absolute Gasteiger partial charge is 0.257 e. The highest BCUT2D eigenvalue weighted by molar-refractivity contribution is 9.10. The van der Waals surface area contributed by atoms with Crippen molar-refractivity contribution in [3.05, 3.63) is 57.5 Å². The van der Waals surface area contributed by atoms with Gasteiger partial charge in [-0.3, -0.25) is 4.79 Å². The van der Waals surface area contributed by atoms with Gasteiger partial charge in [0.2, 0.25) is 0 Å². The van der Waals surface area contributed by atoms with Gasteiger partial charge in [0.05, 0.1) is 10.6 Å². The van der Waals surface area contributed by atoms with E-state index in [0.29, 0.717) is 10.6 Å². The van der Waals surface area contributed by atoms with Gasteiger partial charge >= 0.3 is 0 Å². The molecule has 3 nitrogen and oxygen atoms in total. The first-order valence-electron chi connectivity index (χ1n) is 8.14. The molecule has 2 aromatic rings. The Bertz CT molecular complexity index is 725. The second-order valence-electron chi connectivity index (χ2n) is 6.29. The molecule has 0 aliphatic carbocycles. The minimum atomic E-state index is -0.208. The Kier molecular flexibility index (Phi) is 5.47. The van der Waals surface area contributed by atoms with E-state index in [9.17, 15) is 4.79 Å². The number of halogens is 2. The molecule has 1 aliphatic heterocycles. The summed E-state index contributed by atoms with van der Waals surface area (Å²) in [5.41, 5.74) is 2.44. The Balaban J connectivity index is 1.68. The summed E-state index contributed by atoms with van der Waals surface area (Å²) in [4.78, 5) is 14.8. The van der Waals surface area contributed by atoms with Crippen LogP contribution in [-0.2, 0) is 0 Å². The molecule has 0 aromatic heterocycles. The number of rotatable bonds is 3. The van der Waals surface area contributed by atoms with Crippen LogP contribution in [0.25, 0.3) is 0 Å². The largest absolute Gasteiger partial charge is 0.372 e. The molecule has 3 rings (SSSR count). The van der Waals surface area contributed by atoms with Crippen LogP contribution in [0.5, 0.6) is 0 Å². The molecule has 0 unspecified atom stereocenters. The normalized spacial score (nSPS) is 15.4. The van der Waals surface area contributed by atoms with E-state index in [1.807, 2.05) is 18.2 Å². The molecular formula is C19H20BrClN2O. The number of piperidine rings is 1. The zero-order valence-electron chi connectivity index (χ0n) is 13.6. The van der Waals surface area contributed by atoms with E-state index in [-0.39, 0.29) is 5.91 Å². The Morgan fingerprint density at radius 2 is 1.83 bits per heavy atom. The maximum atomic E-state index is 12.4. The third-order valence-corrected chi connectivity index (χ3v) is 5.27. The predicted molar refractivity (Wildman–Crippen MR) is 104 cm³/mol. The van der Waals surface area contributed by atoms with Gasteiger partial charge in [-0.1, -0.05) is 34.5 Å². The van der Waals surface area contributed by atoms with Crippen LogP contribution >= 0.6 is 27.5 Å². The zero-order valence-corrected chi connectivity index (χ0v) is 15.9.